The molecule has 0 fully saturated rings. The van der Waals surface area contributed by atoms with Gasteiger partial charge in [-0.15, -0.1) is 11.3 Å². The van der Waals surface area contributed by atoms with Crippen LogP contribution in [0.2, 0.25) is 0 Å². The minimum Gasteiger partial charge on any atom is -0.465 e. The van der Waals surface area contributed by atoms with Gasteiger partial charge in [-0.25, -0.2) is 4.79 Å². The van der Waals surface area contributed by atoms with Crippen molar-refractivity contribution in [3.63, 3.8) is 0 Å². The maximum absolute atomic E-state index is 11.5. The van der Waals surface area contributed by atoms with E-state index in [1.165, 1.54) is 29.6 Å². The number of hydrogen-bond donors (Lipinski definition) is 2. The molecule has 2 aromatic rings. The second-order valence-corrected chi connectivity index (χ2v) is 6.07. The quantitative estimate of drug-likeness (QED) is 0.833. The lowest BCUT2D eigenvalue weighted by Crippen LogP contribution is -2.02. The van der Waals surface area contributed by atoms with Crippen LogP contribution >= 0.6 is 11.3 Å². The Labute approximate surface area is 128 Å². The first-order valence-corrected chi connectivity index (χ1v) is 7.52. The molecule has 0 bridgehead atoms. The van der Waals surface area contributed by atoms with Crippen LogP contribution in [-0.2, 0) is 24.2 Å². The van der Waals surface area contributed by atoms with Gasteiger partial charge < -0.3 is 15.6 Å². The highest BCUT2D eigenvalue weighted by Crippen LogP contribution is 2.27. The average Bonchev–Trinajstić information content (AvgIpc) is 2.86. The van der Waals surface area contributed by atoms with Gasteiger partial charge in [0.1, 0.15) is 5.00 Å². The monoisotopic (exact) mass is 305 g/mol. The molecule has 0 saturated carbocycles. The molecule has 0 saturated heterocycles. The van der Waals surface area contributed by atoms with Gasteiger partial charge in [-0.3, -0.25) is 0 Å². The third kappa shape index (κ3) is 3.62. The Hall–Kier alpha value is -1.85. The summed E-state index contributed by atoms with van der Waals surface area (Å²) >= 11 is 1.43. The number of benzene rings is 1. The van der Waals surface area contributed by atoms with E-state index in [0.29, 0.717) is 10.6 Å². The zero-order valence-electron chi connectivity index (χ0n) is 12.2. The van der Waals surface area contributed by atoms with Crippen molar-refractivity contribution in [2.45, 2.75) is 26.4 Å². The van der Waals surface area contributed by atoms with Crippen molar-refractivity contribution in [2.75, 3.05) is 12.8 Å². The van der Waals surface area contributed by atoms with Crippen molar-refractivity contribution in [1.29, 1.82) is 0 Å². The molecule has 2 rings (SSSR count). The molecule has 0 spiro atoms. The van der Waals surface area contributed by atoms with E-state index in [0.717, 1.165) is 23.3 Å². The van der Waals surface area contributed by atoms with Crippen molar-refractivity contribution < 1.29 is 14.6 Å². The number of aliphatic hydroxyl groups is 1. The van der Waals surface area contributed by atoms with Gasteiger partial charge in [0, 0.05) is 4.88 Å². The van der Waals surface area contributed by atoms with Gasteiger partial charge in [0.15, 0.2) is 0 Å². The van der Waals surface area contributed by atoms with Crippen molar-refractivity contribution in [3.05, 3.63) is 51.4 Å². The number of carbonyl (C=O) groups excluding carboxylic acids is 1. The lowest BCUT2D eigenvalue weighted by molar-refractivity contribution is 0.0602. The molecule has 0 radical (unpaired) electrons. The number of esters is 1. The predicted octanol–water partition coefficient (Wildman–Crippen LogP) is 2.70. The number of aliphatic hydroxyl groups excluding tert-OH is 1. The number of nitrogens with two attached hydrogens (primary N) is 1. The predicted molar refractivity (Wildman–Crippen MR) is 84.6 cm³/mol. The van der Waals surface area contributed by atoms with Crippen molar-refractivity contribution >= 4 is 22.3 Å². The smallest absolute Gasteiger partial charge is 0.340 e. The zero-order valence-corrected chi connectivity index (χ0v) is 13.0. The van der Waals surface area contributed by atoms with Crippen LogP contribution in [0.1, 0.15) is 31.9 Å². The molecule has 0 aliphatic heterocycles. The number of ether oxygens (including phenoxy) is 1. The molecule has 1 aromatic carbocycles. The van der Waals surface area contributed by atoms with Gasteiger partial charge in [-0.05, 0) is 42.5 Å². The van der Waals surface area contributed by atoms with E-state index in [4.69, 9.17) is 15.6 Å². The summed E-state index contributed by atoms with van der Waals surface area (Å²) in [6.45, 7) is 2.10. The first kappa shape index (κ1) is 15.5. The van der Waals surface area contributed by atoms with Gasteiger partial charge in [0.2, 0.25) is 0 Å². The third-order valence-corrected chi connectivity index (χ3v) is 4.47. The van der Waals surface area contributed by atoms with Gasteiger partial charge in [0.25, 0.3) is 0 Å². The fourth-order valence-electron chi connectivity index (χ4n) is 2.25. The Balaban J connectivity index is 2.08. The summed E-state index contributed by atoms with van der Waals surface area (Å²) in [6.07, 6.45) is 1.70. The van der Waals surface area contributed by atoms with E-state index in [9.17, 15) is 4.79 Å². The third-order valence-electron chi connectivity index (χ3n) is 3.45. The molecule has 1 heterocycles. The number of hydrogen-bond acceptors (Lipinski definition) is 5. The minimum atomic E-state index is -0.390. The van der Waals surface area contributed by atoms with E-state index >= 15 is 0 Å². The highest BCUT2D eigenvalue weighted by atomic mass is 32.1. The topological polar surface area (TPSA) is 72.5 Å². The SMILES string of the molecule is COC(=O)c1cc(CCc2ccc(CO)cc2C)sc1N. The van der Waals surface area contributed by atoms with E-state index in [1.54, 1.807) is 0 Å². The Bertz CT molecular complexity index is 649. The number of nitrogen functional groups attached to an aromatic ring is 1. The molecule has 112 valence electrons. The Morgan fingerprint density at radius 1 is 1.33 bits per heavy atom. The number of rotatable bonds is 5. The van der Waals surface area contributed by atoms with Crippen LogP contribution in [0.3, 0.4) is 0 Å². The van der Waals surface area contributed by atoms with Crippen LogP contribution in [-0.4, -0.2) is 18.2 Å². The number of methoxy groups -OCH3 is 1. The lowest BCUT2D eigenvalue weighted by atomic mass is 10.0. The van der Waals surface area contributed by atoms with Crippen molar-refractivity contribution in [3.8, 4) is 0 Å². The average molecular weight is 305 g/mol. The van der Waals surface area contributed by atoms with Gasteiger partial charge >= 0.3 is 5.97 Å². The fraction of sp³-hybridized carbons (Fsp3) is 0.312. The Morgan fingerprint density at radius 3 is 2.71 bits per heavy atom. The van der Waals surface area contributed by atoms with Crippen LogP contribution in [0.5, 0.6) is 0 Å². The molecule has 0 aliphatic carbocycles. The van der Waals surface area contributed by atoms with Crippen LogP contribution in [0.25, 0.3) is 0 Å². The molecule has 3 N–H and O–H groups in total. The van der Waals surface area contributed by atoms with Crippen LogP contribution in [0.15, 0.2) is 24.3 Å². The van der Waals surface area contributed by atoms with E-state index in [1.807, 2.05) is 31.2 Å². The maximum Gasteiger partial charge on any atom is 0.340 e. The summed E-state index contributed by atoms with van der Waals surface area (Å²) in [7, 11) is 1.35. The first-order chi connectivity index (χ1) is 10.0. The summed E-state index contributed by atoms with van der Waals surface area (Å²) in [4.78, 5) is 12.6. The standard InChI is InChI=1S/C16H19NO3S/c1-10-7-11(9-18)3-4-12(10)5-6-13-8-14(15(17)21-13)16(19)20-2/h3-4,7-8,18H,5-6,9,17H2,1-2H3. The molecule has 21 heavy (non-hydrogen) atoms. The second-order valence-electron chi connectivity index (χ2n) is 4.90. The zero-order chi connectivity index (χ0) is 15.4. The summed E-state index contributed by atoms with van der Waals surface area (Å²) in [6, 6.07) is 7.78. The molecule has 0 amide bonds. The summed E-state index contributed by atoms with van der Waals surface area (Å²) in [5.41, 5.74) is 9.62. The molecule has 1 aromatic heterocycles. The van der Waals surface area contributed by atoms with E-state index in [-0.39, 0.29) is 6.61 Å². The van der Waals surface area contributed by atoms with Gasteiger partial charge in [-0.1, -0.05) is 18.2 Å². The van der Waals surface area contributed by atoms with Crippen molar-refractivity contribution in [2.24, 2.45) is 0 Å². The van der Waals surface area contributed by atoms with Crippen molar-refractivity contribution in [1.82, 2.24) is 0 Å². The van der Waals surface area contributed by atoms with Gasteiger partial charge in [0.05, 0.1) is 19.3 Å². The van der Waals surface area contributed by atoms with Crippen LogP contribution < -0.4 is 5.73 Å². The number of carbonyl (C=O) groups is 1. The highest BCUT2D eigenvalue weighted by molar-refractivity contribution is 7.16. The lowest BCUT2D eigenvalue weighted by Gasteiger charge is -2.06. The first-order valence-electron chi connectivity index (χ1n) is 6.71. The van der Waals surface area contributed by atoms with Gasteiger partial charge in [-0.2, -0.15) is 0 Å². The maximum atomic E-state index is 11.5. The number of anilines is 1. The number of aryl methyl sites for hydroxylation is 3. The Kier molecular flexibility index (Phi) is 4.98. The molecular formula is C16H19NO3S. The minimum absolute atomic E-state index is 0.0606. The summed E-state index contributed by atoms with van der Waals surface area (Å²) in [5.74, 6) is -0.390. The molecular weight excluding hydrogens is 286 g/mol. The highest BCUT2D eigenvalue weighted by Gasteiger charge is 2.14. The number of thiophene rings is 1. The molecule has 0 aliphatic rings. The molecule has 4 nitrogen and oxygen atoms in total. The van der Waals surface area contributed by atoms with Crippen LogP contribution in [0.4, 0.5) is 5.00 Å². The van der Waals surface area contributed by atoms with Crippen LogP contribution in [0, 0.1) is 6.92 Å². The Morgan fingerprint density at radius 2 is 2.10 bits per heavy atom. The molecule has 0 atom stereocenters. The fourth-order valence-corrected chi connectivity index (χ4v) is 3.16. The largest absolute Gasteiger partial charge is 0.465 e. The second kappa shape index (κ2) is 6.74. The molecule has 5 heteroatoms. The summed E-state index contributed by atoms with van der Waals surface area (Å²) in [5, 5.41) is 9.62. The van der Waals surface area contributed by atoms with E-state index in [2.05, 4.69) is 0 Å². The normalized spacial score (nSPS) is 10.6. The summed E-state index contributed by atoms with van der Waals surface area (Å²) < 4.78 is 4.70. The van der Waals surface area contributed by atoms with E-state index < -0.39 is 5.97 Å². The molecule has 0 unspecified atom stereocenters.